The smallest absolute Gasteiger partial charge is 0.226 e. The van der Waals surface area contributed by atoms with E-state index in [4.69, 9.17) is 9.97 Å². The predicted octanol–water partition coefficient (Wildman–Crippen LogP) is 3.81. The first-order chi connectivity index (χ1) is 14.1. The van der Waals surface area contributed by atoms with Crippen LogP contribution in [0.2, 0.25) is 0 Å². The van der Waals surface area contributed by atoms with Gasteiger partial charge in [0, 0.05) is 36.8 Å². The van der Waals surface area contributed by atoms with Crippen LogP contribution in [0.15, 0.2) is 17.5 Å². The summed E-state index contributed by atoms with van der Waals surface area (Å²) < 4.78 is 0. The molecular formula is C20H25N7OS. The summed E-state index contributed by atoms with van der Waals surface area (Å²) >= 11 is 1.60. The number of amides is 1. The monoisotopic (exact) mass is 411 g/mol. The van der Waals surface area contributed by atoms with Crippen LogP contribution in [0.25, 0.3) is 10.2 Å². The highest BCUT2D eigenvalue weighted by Crippen LogP contribution is 2.35. The lowest BCUT2D eigenvalue weighted by molar-refractivity contribution is -0.138. The van der Waals surface area contributed by atoms with E-state index in [1.165, 1.54) is 6.42 Å². The molecule has 0 aromatic carbocycles. The number of carbonyl (C=O) groups excluding carboxylic acids is 1. The summed E-state index contributed by atoms with van der Waals surface area (Å²) in [5.41, 5.74) is 0.991. The van der Waals surface area contributed by atoms with Crippen LogP contribution >= 0.6 is 11.3 Å². The average Bonchev–Trinajstić information content (AvgIpc) is 3.29. The Morgan fingerprint density at radius 2 is 2.07 bits per heavy atom. The van der Waals surface area contributed by atoms with Gasteiger partial charge in [-0.25, -0.2) is 4.98 Å². The lowest BCUT2D eigenvalue weighted by Crippen LogP contribution is -2.56. The number of fused-ring (bicyclic) bond motifs is 3. The molecular weight excluding hydrogens is 386 g/mol. The molecule has 2 aliphatic heterocycles. The van der Waals surface area contributed by atoms with Crippen LogP contribution in [-0.2, 0) is 4.79 Å². The first-order valence-electron chi connectivity index (χ1n) is 10.2. The largest absolute Gasteiger partial charge is 0.351 e. The van der Waals surface area contributed by atoms with Gasteiger partial charge in [0.05, 0.1) is 5.39 Å². The van der Waals surface area contributed by atoms with E-state index in [0.29, 0.717) is 18.0 Å². The molecule has 5 rings (SSSR count). The summed E-state index contributed by atoms with van der Waals surface area (Å²) in [4.78, 5) is 24.6. The van der Waals surface area contributed by atoms with E-state index >= 15 is 0 Å². The maximum absolute atomic E-state index is 12.1. The highest BCUT2D eigenvalue weighted by atomic mass is 32.1. The predicted molar refractivity (Wildman–Crippen MR) is 115 cm³/mol. The van der Waals surface area contributed by atoms with Gasteiger partial charge in [-0.1, -0.05) is 0 Å². The van der Waals surface area contributed by atoms with Gasteiger partial charge in [-0.05, 0) is 50.5 Å². The number of hydrogen-bond donors (Lipinski definition) is 3. The number of hydrogen-bond acceptors (Lipinski definition) is 7. The molecule has 3 aromatic heterocycles. The van der Waals surface area contributed by atoms with Gasteiger partial charge in [-0.3, -0.25) is 9.89 Å². The number of thiophene rings is 1. The van der Waals surface area contributed by atoms with E-state index in [1.54, 1.807) is 18.3 Å². The van der Waals surface area contributed by atoms with Crippen molar-refractivity contribution in [2.75, 3.05) is 10.6 Å². The van der Waals surface area contributed by atoms with Gasteiger partial charge < -0.3 is 15.5 Å². The molecule has 2 unspecified atom stereocenters. The maximum atomic E-state index is 12.1. The Balaban J connectivity index is 1.39. The molecule has 1 amide bonds. The van der Waals surface area contributed by atoms with Crippen molar-refractivity contribution in [1.29, 1.82) is 0 Å². The molecule has 2 saturated heterocycles. The minimum Gasteiger partial charge on any atom is -0.351 e. The molecule has 3 N–H and O–H groups in total. The number of aromatic amines is 1. The van der Waals surface area contributed by atoms with Gasteiger partial charge in [0.2, 0.25) is 11.9 Å². The zero-order valence-corrected chi connectivity index (χ0v) is 17.4. The Morgan fingerprint density at radius 1 is 1.28 bits per heavy atom. The molecule has 2 aliphatic rings. The fraction of sp³-hybridized carbons (Fsp3) is 0.500. The number of anilines is 3. The second-order valence-corrected chi connectivity index (χ2v) is 8.97. The molecule has 0 radical (unpaired) electrons. The molecule has 5 heterocycles. The molecule has 8 nitrogen and oxygen atoms in total. The molecule has 29 heavy (non-hydrogen) atoms. The fourth-order valence-corrected chi connectivity index (χ4v) is 5.58. The van der Waals surface area contributed by atoms with E-state index in [2.05, 4.69) is 25.7 Å². The number of aryl methyl sites for hydroxylation is 1. The van der Waals surface area contributed by atoms with Crippen molar-refractivity contribution in [2.45, 2.75) is 64.1 Å². The molecule has 3 aromatic rings. The van der Waals surface area contributed by atoms with Crippen molar-refractivity contribution in [3.05, 3.63) is 23.2 Å². The lowest BCUT2D eigenvalue weighted by Gasteiger charge is -2.48. The number of piperidine rings is 2. The van der Waals surface area contributed by atoms with Crippen molar-refractivity contribution in [3.8, 4) is 0 Å². The van der Waals surface area contributed by atoms with Gasteiger partial charge in [0.15, 0.2) is 5.82 Å². The Kier molecular flexibility index (Phi) is 4.61. The quantitative estimate of drug-likeness (QED) is 0.604. The molecule has 9 heteroatoms. The van der Waals surface area contributed by atoms with Gasteiger partial charge in [-0.15, -0.1) is 11.3 Å². The third kappa shape index (κ3) is 3.55. The zero-order chi connectivity index (χ0) is 20.0. The van der Waals surface area contributed by atoms with Crippen LogP contribution in [0, 0.1) is 6.92 Å². The maximum Gasteiger partial charge on any atom is 0.226 e. The van der Waals surface area contributed by atoms with Crippen LogP contribution in [0.1, 0.15) is 44.7 Å². The van der Waals surface area contributed by atoms with Crippen molar-refractivity contribution in [3.63, 3.8) is 0 Å². The minimum absolute atomic E-state index is 0.204. The first-order valence-corrected chi connectivity index (χ1v) is 11.0. The second-order valence-electron chi connectivity index (χ2n) is 8.07. The molecule has 2 atom stereocenters. The number of carbonyl (C=O) groups is 1. The average molecular weight is 412 g/mol. The zero-order valence-electron chi connectivity index (χ0n) is 16.6. The first kappa shape index (κ1) is 18.4. The van der Waals surface area contributed by atoms with E-state index in [0.717, 1.165) is 53.2 Å². The van der Waals surface area contributed by atoms with E-state index in [9.17, 15) is 4.79 Å². The van der Waals surface area contributed by atoms with Crippen molar-refractivity contribution < 1.29 is 4.79 Å². The Labute approximate surface area is 173 Å². The standard InChI is InChI=1S/C20H25N7OS/c1-11-8-17(26-25-11)22-18-16-6-7-29-19(16)24-20(23-18)21-13-9-14-4-3-5-15(10-13)27(14)12(2)28/h6-8,13-15H,3-5,9-10H2,1-2H3,(H3,21,22,23,24,25,26). The topological polar surface area (TPSA) is 98.8 Å². The van der Waals surface area contributed by atoms with Gasteiger partial charge in [0.25, 0.3) is 0 Å². The summed E-state index contributed by atoms with van der Waals surface area (Å²) in [5.74, 6) is 2.33. The van der Waals surface area contributed by atoms with E-state index in [1.807, 2.05) is 24.4 Å². The van der Waals surface area contributed by atoms with Crippen LogP contribution < -0.4 is 10.6 Å². The highest BCUT2D eigenvalue weighted by Gasteiger charge is 2.39. The number of nitrogens with one attached hydrogen (secondary N) is 3. The molecule has 0 saturated carbocycles. The Bertz CT molecular complexity index is 1030. The summed E-state index contributed by atoms with van der Waals surface area (Å²) in [5, 5.41) is 17.1. The number of nitrogens with zero attached hydrogens (tertiary/aromatic N) is 4. The Morgan fingerprint density at radius 3 is 2.76 bits per heavy atom. The summed E-state index contributed by atoms with van der Waals surface area (Å²) in [6.07, 6.45) is 5.28. The van der Waals surface area contributed by atoms with E-state index in [-0.39, 0.29) is 11.9 Å². The molecule has 0 spiro atoms. The minimum atomic E-state index is 0.204. The molecule has 0 aliphatic carbocycles. The van der Waals surface area contributed by atoms with Crippen molar-refractivity contribution in [1.82, 2.24) is 25.1 Å². The van der Waals surface area contributed by atoms with Gasteiger partial charge in [-0.2, -0.15) is 10.1 Å². The van der Waals surface area contributed by atoms with Crippen LogP contribution in [-0.4, -0.2) is 49.1 Å². The molecule has 2 fully saturated rings. The number of aromatic nitrogens is 4. The van der Waals surface area contributed by atoms with Crippen LogP contribution in [0.4, 0.5) is 17.6 Å². The fourth-order valence-electron chi connectivity index (χ4n) is 4.81. The molecule has 152 valence electrons. The summed E-state index contributed by atoms with van der Waals surface area (Å²) in [6.45, 7) is 3.66. The number of H-pyrrole nitrogens is 1. The van der Waals surface area contributed by atoms with Gasteiger partial charge in [0.1, 0.15) is 10.6 Å². The van der Waals surface area contributed by atoms with Crippen LogP contribution in [0.3, 0.4) is 0 Å². The highest BCUT2D eigenvalue weighted by molar-refractivity contribution is 7.16. The SMILES string of the molecule is CC(=O)N1C2CCCC1CC(Nc1nc(Nc3cc(C)[nH]n3)c3ccsc3n1)C2. The summed E-state index contributed by atoms with van der Waals surface area (Å²) in [6, 6.07) is 4.91. The molecule has 2 bridgehead atoms. The van der Waals surface area contributed by atoms with Gasteiger partial charge >= 0.3 is 0 Å². The van der Waals surface area contributed by atoms with Crippen LogP contribution in [0.5, 0.6) is 0 Å². The number of rotatable bonds is 4. The second kappa shape index (κ2) is 7.29. The van der Waals surface area contributed by atoms with Crippen molar-refractivity contribution >= 4 is 45.0 Å². The Hall–Kier alpha value is -2.68. The van der Waals surface area contributed by atoms with E-state index < -0.39 is 0 Å². The third-order valence-corrected chi connectivity index (χ3v) is 6.76. The summed E-state index contributed by atoms with van der Waals surface area (Å²) in [7, 11) is 0. The van der Waals surface area contributed by atoms with Crippen molar-refractivity contribution in [2.24, 2.45) is 0 Å². The lowest BCUT2D eigenvalue weighted by atomic mass is 9.81. The normalized spacial score (nSPS) is 23.9. The third-order valence-electron chi connectivity index (χ3n) is 5.95.